The zero-order chi connectivity index (χ0) is 13.8. The van der Waals surface area contributed by atoms with Gasteiger partial charge in [0, 0.05) is 17.7 Å². The molecule has 1 aromatic carbocycles. The van der Waals surface area contributed by atoms with Gasteiger partial charge in [-0.25, -0.2) is 9.97 Å². The fourth-order valence-electron chi connectivity index (χ4n) is 1.90. The smallest absolute Gasteiger partial charge is 0.225 e. The van der Waals surface area contributed by atoms with Gasteiger partial charge in [-0.2, -0.15) is 0 Å². The van der Waals surface area contributed by atoms with Crippen LogP contribution in [0.1, 0.15) is 12.5 Å². The number of nitrogens with zero attached hydrogens (tertiary/aromatic N) is 2. The van der Waals surface area contributed by atoms with Crippen molar-refractivity contribution >= 4 is 39.3 Å². The minimum Gasteiger partial charge on any atom is -0.354 e. The summed E-state index contributed by atoms with van der Waals surface area (Å²) in [4.78, 5) is 10.2. The number of aromatic nitrogens is 2. The maximum atomic E-state index is 4.63. The molecule has 3 rings (SSSR count). The van der Waals surface area contributed by atoms with Crippen molar-refractivity contribution in [2.75, 3.05) is 11.9 Å². The molecule has 0 unspecified atom stereocenters. The van der Waals surface area contributed by atoms with E-state index in [1.807, 2.05) is 6.07 Å². The average molecular weight is 301 g/mol. The Hall–Kier alpha value is -1.59. The highest BCUT2D eigenvalue weighted by molar-refractivity contribution is 7.98. The monoisotopic (exact) mass is 301 g/mol. The molecule has 0 radical (unpaired) electrons. The largest absolute Gasteiger partial charge is 0.354 e. The second-order valence-corrected chi connectivity index (χ2v) is 6.16. The summed E-state index contributed by atoms with van der Waals surface area (Å²) in [5, 5.41) is 7.47. The van der Waals surface area contributed by atoms with Gasteiger partial charge in [0.05, 0.1) is 0 Å². The second kappa shape index (κ2) is 6.24. The third kappa shape index (κ3) is 2.94. The molecule has 0 saturated heterocycles. The molecule has 0 spiro atoms. The molecular weight excluding hydrogens is 286 g/mol. The van der Waals surface area contributed by atoms with Gasteiger partial charge in [-0.05, 0) is 23.9 Å². The number of thiophene rings is 1. The van der Waals surface area contributed by atoms with E-state index < -0.39 is 0 Å². The first-order chi connectivity index (χ1) is 9.86. The van der Waals surface area contributed by atoms with Crippen LogP contribution in [0.25, 0.3) is 10.2 Å². The minimum atomic E-state index is 0.720. The second-order valence-electron chi connectivity index (χ2n) is 4.30. The molecule has 0 saturated carbocycles. The van der Waals surface area contributed by atoms with Gasteiger partial charge in [0.1, 0.15) is 9.86 Å². The van der Waals surface area contributed by atoms with Crippen LogP contribution in [0.3, 0.4) is 0 Å². The Kier molecular flexibility index (Phi) is 4.18. The third-order valence-electron chi connectivity index (χ3n) is 2.84. The van der Waals surface area contributed by atoms with Gasteiger partial charge in [0.15, 0.2) is 0 Å². The Labute approximate surface area is 126 Å². The van der Waals surface area contributed by atoms with Crippen molar-refractivity contribution in [1.29, 1.82) is 0 Å². The maximum Gasteiger partial charge on any atom is 0.225 e. The van der Waals surface area contributed by atoms with Gasteiger partial charge in [0.2, 0.25) is 5.95 Å². The molecule has 5 heteroatoms. The highest BCUT2D eigenvalue weighted by Gasteiger charge is 2.09. The SMILES string of the molecule is CCNc1nc(SCc2ccccc2)c2ccsc2n1. The number of hydrogen-bond donors (Lipinski definition) is 1. The topological polar surface area (TPSA) is 37.8 Å². The average Bonchev–Trinajstić information content (AvgIpc) is 2.95. The summed E-state index contributed by atoms with van der Waals surface area (Å²) in [6.45, 7) is 2.89. The molecule has 102 valence electrons. The zero-order valence-corrected chi connectivity index (χ0v) is 12.8. The van der Waals surface area contributed by atoms with Crippen LogP contribution in [-0.2, 0) is 5.75 Å². The number of nitrogens with one attached hydrogen (secondary N) is 1. The van der Waals surface area contributed by atoms with E-state index in [2.05, 4.69) is 57.9 Å². The molecule has 0 aliphatic heterocycles. The lowest BCUT2D eigenvalue weighted by molar-refractivity contribution is 1.05. The third-order valence-corrected chi connectivity index (χ3v) is 4.71. The van der Waals surface area contributed by atoms with Gasteiger partial charge in [0.25, 0.3) is 0 Å². The fourth-order valence-corrected chi connectivity index (χ4v) is 3.70. The Morgan fingerprint density at radius 1 is 1.15 bits per heavy atom. The van der Waals surface area contributed by atoms with Crippen LogP contribution < -0.4 is 5.32 Å². The van der Waals surface area contributed by atoms with E-state index in [4.69, 9.17) is 0 Å². The Bertz CT molecular complexity index is 695. The first-order valence-corrected chi connectivity index (χ1v) is 8.39. The van der Waals surface area contributed by atoms with Crippen LogP contribution in [0.4, 0.5) is 5.95 Å². The number of hydrogen-bond acceptors (Lipinski definition) is 5. The highest BCUT2D eigenvalue weighted by Crippen LogP contribution is 2.31. The molecule has 0 atom stereocenters. The molecule has 0 amide bonds. The predicted octanol–water partition coefficient (Wildman–Crippen LogP) is 4.42. The quantitative estimate of drug-likeness (QED) is 0.559. The summed E-state index contributed by atoms with van der Waals surface area (Å²) in [5.41, 5.74) is 1.31. The van der Waals surface area contributed by atoms with Crippen LogP contribution in [0.2, 0.25) is 0 Å². The molecule has 0 bridgehead atoms. The predicted molar refractivity (Wildman–Crippen MR) is 87.6 cm³/mol. The maximum absolute atomic E-state index is 4.63. The van der Waals surface area contributed by atoms with Crippen molar-refractivity contribution in [3.8, 4) is 0 Å². The van der Waals surface area contributed by atoms with Crippen molar-refractivity contribution in [2.45, 2.75) is 17.7 Å². The van der Waals surface area contributed by atoms with Crippen molar-refractivity contribution in [3.63, 3.8) is 0 Å². The molecule has 20 heavy (non-hydrogen) atoms. The van der Waals surface area contributed by atoms with Crippen molar-refractivity contribution in [3.05, 3.63) is 47.3 Å². The minimum absolute atomic E-state index is 0.720. The van der Waals surface area contributed by atoms with E-state index in [-0.39, 0.29) is 0 Å². The summed E-state index contributed by atoms with van der Waals surface area (Å²) in [6, 6.07) is 12.6. The molecular formula is C15H15N3S2. The molecule has 0 fully saturated rings. The van der Waals surface area contributed by atoms with E-state index in [0.717, 1.165) is 33.5 Å². The van der Waals surface area contributed by atoms with E-state index in [1.165, 1.54) is 5.56 Å². The molecule has 3 aromatic rings. The summed E-state index contributed by atoms with van der Waals surface area (Å²) in [5.74, 6) is 1.65. The molecule has 1 N–H and O–H groups in total. The van der Waals surface area contributed by atoms with Gasteiger partial charge in [-0.1, -0.05) is 30.3 Å². The van der Waals surface area contributed by atoms with Crippen molar-refractivity contribution in [2.24, 2.45) is 0 Å². The Morgan fingerprint density at radius 3 is 2.80 bits per heavy atom. The van der Waals surface area contributed by atoms with Crippen LogP contribution in [-0.4, -0.2) is 16.5 Å². The number of fused-ring (bicyclic) bond motifs is 1. The van der Waals surface area contributed by atoms with Crippen LogP contribution in [0.5, 0.6) is 0 Å². The summed E-state index contributed by atoms with van der Waals surface area (Å²) in [6.07, 6.45) is 0. The highest BCUT2D eigenvalue weighted by atomic mass is 32.2. The zero-order valence-electron chi connectivity index (χ0n) is 11.2. The number of benzene rings is 1. The molecule has 0 aliphatic carbocycles. The lowest BCUT2D eigenvalue weighted by Crippen LogP contribution is -2.02. The summed E-state index contributed by atoms with van der Waals surface area (Å²) >= 11 is 3.42. The van der Waals surface area contributed by atoms with Gasteiger partial charge in [-0.3, -0.25) is 0 Å². The normalized spacial score (nSPS) is 10.8. The first-order valence-electron chi connectivity index (χ1n) is 6.52. The summed E-state index contributed by atoms with van der Waals surface area (Å²) in [7, 11) is 0. The van der Waals surface area contributed by atoms with E-state index in [9.17, 15) is 0 Å². The summed E-state index contributed by atoms with van der Waals surface area (Å²) < 4.78 is 0. The lowest BCUT2D eigenvalue weighted by atomic mass is 10.2. The first kappa shape index (κ1) is 13.4. The van der Waals surface area contributed by atoms with Crippen molar-refractivity contribution in [1.82, 2.24) is 9.97 Å². The molecule has 2 heterocycles. The molecule has 0 aliphatic rings. The van der Waals surface area contributed by atoms with Crippen LogP contribution >= 0.6 is 23.1 Å². The van der Waals surface area contributed by atoms with Crippen LogP contribution in [0, 0.1) is 0 Å². The Balaban J connectivity index is 1.87. The number of thioether (sulfide) groups is 1. The lowest BCUT2D eigenvalue weighted by Gasteiger charge is -2.06. The molecule has 3 nitrogen and oxygen atoms in total. The Morgan fingerprint density at radius 2 is 2.00 bits per heavy atom. The van der Waals surface area contributed by atoms with Crippen molar-refractivity contribution < 1.29 is 0 Å². The van der Waals surface area contributed by atoms with E-state index in [1.54, 1.807) is 23.1 Å². The van der Waals surface area contributed by atoms with Crippen LogP contribution in [0.15, 0.2) is 46.8 Å². The number of anilines is 1. The molecule has 2 aromatic heterocycles. The van der Waals surface area contributed by atoms with Gasteiger partial charge in [-0.15, -0.1) is 23.1 Å². The number of rotatable bonds is 5. The van der Waals surface area contributed by atoms with E-state index in [0.29, 0.717) is 0 Å². The van der Waals surface area contributed by atoms with E-state index >= 15 is 0 Å². The van der Waals surface area contributed by atoms with Gasteiger partial charge < -0.3 is 5.32 Å². The van der Waals surface area contributed by atoms with Gasteiger partial charge >= 0.3 is 0 Å². The fraction of sp³-hybridized carbons (Fsp3) is 0.200. The standard InChI is InChI=1S/C15H15N3S2/c1-2-16-15-17-13-12(8-9-19-13)14(18-15)20-10-11-6-4-3-5-7-11/h3-9H,2,10H2,1H3,(H,16,17,18).